The SMILES string of the molecule is CCNC(CC)CCCc1c(Cl)c(C)nn1C. The molecule has 0 saturated heterocycles. The van der Waals surface area contributed by atoms with E-state index in [0.717, 1.165) is 35.8 Å². The summed E-state index contributed by atoms with van der Waals surface area (Å²) in [5.41, 5.74) is 2.10. The second-order valence-corrected chi connectivity index (χ2v) is 4.90. The topological polar surface area (TPSA) is 29.9 Å². The summed E-state index contributed by atoms with van der Waals surface area (Å²) in [5.74, 6) is 0. The van der Waals surface area contributed by atoms with Crippen molar-refractivity contribution < 1.29 is 0 Å². The zero-order valence-electron chi connectivity index (χ0n) is 11.4. The van der Waals surface area contributed by atoms with Crippen LogP contribution in [0.4, 0.5) is 0 Å². The van der Waals surface area contributed by atoms with Crippen LogP contribution in [-0.4, -0.2) is 22.4 Å². The molecule has 1 heterocycles. The van der Waals surface area contributed by atoms with E-state index >= 15 is 0 Å². The summed E-state index contributed by atoms with van der Waals surface area (Å²) in [6.45, 7) is 7.39. The molecule has 1 aromatic rings. The highest BCUT2D eigenvalue weighted by molar-refractivity contribution is 6.31. The van der Waals surface area contributed by atoms with Gasteiger partial charge in [-0.1, -0.05) is 25.4 Å². The summed E-state index contributed by atoms with van der Waals surface area (Å²) >= 11 is 6.23. The van der Waals surface area contributed by atoms with Crippen LogP contribution in [0, 0.1) is 6.92 Å². The molecular formula is C13H24ClN3. The van der Waals surface area contributed by atoms with E-state index in [2.05, 4.69) is 24.3 Å². The van der Waals surface area contributed by atoms with E-state index in [1.165, 1.54) is 12.8 Å². The Hall–Kier alpha value is -0.540. The van der Waals surface area contributed by atoms with Gasteiger partial charge in [-0.2, -0.15) is 5.10 Å². The highest BCUT2D eigenvalue weighted by Crippen LogP contribution is 2.21. The van der Waals surface area contributed by atoms with Crippen LogP contribution in [0.3, 0.4) is 0 Å². The predicted octanol–water partition coefficient (Wildman–Crippen LogP) is 3.09. The number of hydrogen-bond acceptors (Lipinski definition) is 2. The Morgan fingerprint density at radius 3 is 2.59 bits per heavy atom. The Kier molecular flexibility index (Phi) is 6.00. The van der Waals surface area contributed by atoms with Gasteiger partial charge in [-0.15, -0.1) is 0 Å². The van der Waals surface area contributed by atoms with Crippen LogP contribution in [0.5, 0.6) is 0 Å². The first-order valence-corrected chi connectivity index (χ1v) is 6.89. The Balaban J connectivity index is 2.45. The largest absolute Gasteiger partial charge is 0.314 e. The van der Waals surface area contributed by atoms with Crippen LogP contribution >= 0.6 is 11.6 Å². The van der Waals surface area contributed by atoms with Gasteiger partial charge in [-0.05, 0) is 39.2 Å². The molecule has 4 heteroatoms. The molecule has 0 amide bonds. The summed E-state index contributed by atoms with van der Waals surface area (Å²) in [6, 6.07) is 0.632. The minimum atomic E-state index is 0.632. The molecule has 1 N–H and O–H groups in total. The lowest BCUT2D eigenvalue weighted by atomic mass is 10.1. The first-order valence-electron chi connectivity index (χ1n) is 6.51. The van der Waals surface area contributed by atoms with E-state index in [0.29, 0.717) is 6.04 Å². The zero-order chi connectivity index (χ0) is 12.8. The van der Waals surface area contributed by atoms with Crippen molar-refractivity contribution in [2.24, 2.45) is 7.05 Å². The standard InChI is InChI=1S/C13H24ClN3/c1-5-11(15-6-2)8-7-9-12-13(14)10(3)16-17(12)4/h11,15H,5-9H2,1-4H3. The molecule has 0 aliphatic heterocycles. The lowest BCUT2D eigenvalue weighted by Crippen LogP contribution is -2.28. The van der Waals surface area contributed by atoms with Gasteiger partial charge in [0.25, 0.3) is 0 Å². The summed E-state index contributed by atoms with van der Waals surface area (Å²) < 4.78 is 1.91. The van der Waals surface area contributed by atoms with Gasteiger partial charge in [0, 0.05) is 13.1 Å². The van der Waals surface area contributed by atoms with Gasteiger partial charge < -0.3 is 5.32 Å². The number of halogens is 1. The predicted molar refractivity (Wildman–Crippen MR) is 73.6 cm³/mol. The number of nitrogens with zero attached hydrogens (tertiary/aromatic N) is 2. The molecule has 17 heavy (non-hydrogen) atoms. The van der Waals surface area contributed by atoms with Gasteiger partial charge in [0.15, 0.2) is 0 Å². The number of aryl methyl sites for hydroxylation is 2. The van der Waals surface area contributed by atoms with E-state index in [9.17, 15) is 0 Å². The fraction of sp³-hybridized carbons (Fsp3) is 0.769. The molecule has 0 aromatic carbocycles. The molecule has 98 valence electrons. The fourth-order valence-corrected chi connectivity index (χ4v) is 2.46. The highest BCUT2D eigenvalue weighted by atomic mass is 35.5. The summed E-state index contributed by atoms with van der Waals surface area (Å²) in [5, 5.41) is 8.67. The average molecular weight is 258 g/mol. The number of rotatable bonds is 7. The van der Waals surface area contributed by atoms with Crippen molar-refractivity contribution in [2.75, 3.05) is 6.54 Å². The summed E-state index contributed by atoms with van der Waals surface area (Å²) in [7, 11) is 1.97. The van der Waals surface area contributed by atoms with E-state index in [-0.39, 0.29) is 0 Å². The number of aromatic nitrogens is 2. The molecule has 0 radical (unpaired) electrons. The summed E-state index contributed by atoms with van der Waals surface area (Å²) in [6.07, 6.45) is 4.55. The van der Waals surface area contributed by atoms with Gasteiger partial charge in [0.05, 0.1) is 16.4 Å². The molecule has 0 saturated carbocycles. The van der Waals surface area contributed by atoms with Crippen molar-refractivity contribution in [3.8, 4) is 0 Å². The number of hydrogen-bond donors (Lipinski definition) is 1. The third-order valence-corrected chi connectivity index (χ3v) is 3.71. The number of nitrogens with one attached hydrogen (secondary N) is 1. The second kappa shape index (κ2) is 7.02. The fourth-order valence-electron chi connectivity index (χ4n) is 2.21. The van der Waals surface area contributed by atoms with E-state index in [1.54, 1.807) is 0 Å². The molecular weight excluding hydrogens is 234 g/mol. The van der Waals surface area contributed by atoms with Gasteiger partial charge >= 0.3 is 0 Å². The van der Waals surface area contributed by atoms with Gasteiger partial charge in [-0.3, -0.25) is 4.68 Å². The van der Waals surface area contributed by atoms with Crippen molar-refractivity contribution >= 4 is 11.6 Å². The summed E-state index contributed by atoms with van der Waals surface area (Å²) in [4.78, 5) is 0. The van der Waals surface area contributed by atoms with E-state index < -0.39 is 0 Å². The maximum Gasteiger partial charge on any atom is 0.0846 e. The van der Waals surface area contributed by atoms with Crippen LogP contribution in [0.15, 0.2) is 0 Å². The molecule has 0 spiro atoms. The lowest BCUT2D eigenvalue weighted by Gasteiger charge is -2.15. The van der Waals surface area contributed by atoms with Crippen molar-refractivity contribution in [3.05, 3.63) is 16.4 Å². The molecule has 1 aromatic heterocycles. The monoisotopic (exact) mass is 257 g/mol. The lowest BCUT2D eigenvalue weighted by molar-refractivity contribution is 0.464. The maximum absolute atomic E-state index is 6.23. The Bertz CT molecular complexity index is 347. The quantitative estimate of drug-likeness (QED) is 0.814. The van der Waals surface area contributed by atoms with Crippen LogP contribution in [0.2, 0.25) is 5.02 Å². The molecule has 0 bridgehead atoms. The molecule has 0 aliphatic carbocycles. The van der Waals surface area contributed by atoms with Crippen molar-refractivity contribution in [1.82, 2.24) is 15.1 Å². The minimum absolute atomic E-state index is 0.632. The van der Waals surface area contributed by atoms with Crippen LogP contribution in [-0.2, 0) is 13.5 Å². The first-order chi connectivity index (χ1) is 8.10. The van der Waals surface area contributed by atoms with Crippen molar-refractivity contribution in [2.45, 2.75) is 52.5 Å². The second-order valence-electron chi connectivity index (χ2n) is 4.52. The third-order valence-electron chi connectivity index (χ3n) is 3.21. The molecule has 3 nitrogen and oxygen atoms in total. The Morgan fingerprint density at radius 1 is 1.41 bits per heavy atom. The smallest absolute Gasteiger partial charge is 0.0846 e. The normalized spacial score (nSPS) is 13.0. The van der Waals surface area contributed by atoms with Crippen molar-refractivity contribution in [3.63, 3.8) is 0 Å². The minimum Gasteiger partial charge on any atom is -0.314 e. The molecule has 1 rings (SSSR count). The zero-order valence-corrected chi connectivity index (χ0v) is 12.1. The van der Waals surface area contributed by atoms with Gasteiger partial charge in [0.2, 0.25) is 0 Å². The molecule has 1 unspecified atom stereocenters. The molecule has 1 atom stereocenters. The molecule has 0 aliphatic rings. The highest BCUT2D eigenvalue weighted by Gasteiger charge is 2.11. The van der Waals surface area contributed by atoms with E-state index in [4.69, 9.17) is 11.6 Å². The first kappa shape index (κ1) is 14.5. The van der Waals surface area contributed by atoms with Gasteiger partial charge in [0.1, 0.15) is 0 Å². The molecule has 0 fully saturated rings. The third kappa shape index (κ3) is 4.00. The van der Waals surface area contributed by atoms with E-state index in [1.807, 2.05) is 18.7 Å². The van der Waals surface area contributed by atoms with Crippen LogP contribution in [0.1, 0.15) is 44.5 Å². The van der Waals surface area contributed by atoms with Crippen molar-refractivity contribution in [1.29, 1.82) is 0 Å². The maximum atomic E-state index is 6.23. The Morgan fingerprint density at radius 2 is 2.12 bits per heavy atom. The van der Waals surface area contributed by atoms with Gasteiger partial charge in [-0.25, -0.2) is 0 Å². The van der Waals surface area contributed by atoms with Crippen LogP contribution in [0.25, 0.3) is 0 Å². The average Bonchev–Trinajstić information content (AvgIpc) is 2.54. The Labute approximate surface area is 110 Å². The van der Waals surface area contributed by atoms with Crippen LogP contribution < -0.4 is 5.32 Å².